The van der Waals surface area contributed by atoms with E-state index in [4.69, 9.17) is 0 Å². The zero-order valence-corrected chi connectivity index (χ0v) is 15.9. The van der Waals surface area contributed by atoms with Crippen LogP contribution in [0.4, 0.5) is 11.4 Å². The number of amides is 2. The van der Waals surface area contributed by atoms with E-state index >= 15 is 0 Å². The summed E-state index contributed by atoms with van der Waals surface area (Å²) in [4.78, 5) is 33.8. The summed E-state index contributed by atoms with van der Waals surface area (Å²) in [6.45, 7) is 3.73. The molecule has 1 aromatic carbocycles. The molecule has 0 aliphatic carbocycles. The standard InChI is InChI=1S/C19H16N6O2S/c1-11-9-12(2)25-19(20-11)23-16(24-25)18(27)22-14-6-3-5-13(10-14)21-17(26)15-7-4-8-28-15/h3-10H,1-2H3,(H,21,26)(H,22,27). The number of carbonyl (C=O) groups excluding carboxylic acids is 2. The van der Waals surface area contributed by atoms with Gasteiger partial charge in [0.1, 0.15) is 0 Å². The van der Waals surface area contributed by atoms with Gasteiger partial charge in [-0.25, -0.2) is 9.50 Å². The van der Waals surface area contributed by atoms with Crippen LogP contribution < -0.4 is 10.6 Å². The molecular weight excluding hydrogens is 376 g/mol. The third kappa shape index (κ3) is 3.60. The number of nitrogens with one attached hydrogen (secondary N) is 2. The Bertz CT molecular complexity index is 1180. The van der Waals surface area contributed by atoms with Crippen LogP contribution in [0.5, 0.6) is 0 Å². The van der Waals surface area contributed by atoms with Gasteiger partial charge < -0.3 is 10.6 Å². The van der Waals surface area contributed by atoms with Crippen molar-refractivity contribution >= 4 is 40.3 Å². The summed E-state index contributed by atoms with van der Waals surface area (Å²) in [5, 5.41) is 11.6. The van der Waals surface area contributed by atoms with Crippen LogP contribution in [0, 0.1) is 13.8 Å². The molecule has 0 fully saturated rings. The van der Waals surface area contributed by atoms with Crippen LogP contribution in [0.15, 0.2) is 47.8 Å². The molecule has 0 radical (unpaired) electrons. The van der Waals surface area contributed by atoms with Gasteiger partial charge in [0.05, 0.1) is 4.88 Å². The molecule has 28 heavy (non-hydrogen) atoms. The Balaban J connectivity index is 1.52. The molecule has 2 N–H and O–H groups in total. The first-order valence-corrected chi connectivity index (χ1v) is 9.35. The Morgan fingerprint density at radius 1 is 0.964 bits per heavy atom. The van der Waals surface area contributed by atoms with E-state index in [0.717, 1.165) is 11.4 Å². The van der Waals surface area contributed by atoms with Crippen molar-refractivity contribution in [3.05, 3.63) is 69.9 Å². The van der Waals surface area contributed by atoms with Gasteiger partial charge in [-0.05, 0) is 49.6 Å². The Kier molecular flexibility index (Phi) is 4.58. The van der Waals surface area contributed by atoms with Gasteiger partial charge in [0, 0.05) is 22.8 Å². The fraction of sp³-hybridized carbons (Fsp3) is 0.105. The van der Waals surface area contributed by atoms with Crippen LogP contribution in [-0.4, -0.2) is 31.4 Å². The number of fused-ring (bicyclic) bond motifs is 1. The van der Waals surface area contributed by atoms with Gasteiger partial charge in [-0.2, -0.15) is 4.98 Å². The second-order valence-electron chi connectivity index (χ2n) is 6.15. The molecule has 140 valence electrons. The largest absolute Gasteiger partial charge is 0.321 e. The van der Waals surface area contributed by atoms with E-state index in [9.17, 15) is 9.59 Å². The number of thiophene rings is 1. The molecule has 9 heteroatoms. The number of aryl methyl sites for hydroxylation is 2. The lowest BCUT2D eigenvalue weighted by molar-refractivity contribution is 0.101. The van der Waals surface area contributed by atoms with Gasteiger partial charge in [-0.15, -0.1) is 16.4 Å². The lowest BCUT2D eigenvalue weighted by Crippen LogP contribution is -2.15. The lowest BCUT2D eigenvalue weighted by atomic mass is 10.2. The average molecular weight is 392 g/mol. The van der Waals surface area contributed by atoms with Crippen molar-refractivity contribution in [2.24, 2.45) is 0 Å². The molecule has 3 heterocycles. The summed E-state index contributed by atoms with van der Waals surface area (Å²) in [5.74, 6) is -0.254. The number of hydrogen-bond donors (Lipinski definition) is 2. The van der Waals surface area contributed by atoms with E-state index in [1.807, 2.05) is 31.4 Å². The Morgan fingerprint density at radius 2 is 1.71 bits per heavy atom. The van der Waals surface area contributed by atoms with Crippen LogP contribution in [0.2, 0.25) is 0 Å². The van der Waals surface area contributed by atoms with E-state index in [1.165, 1.54) is 15.9 Å². The molecular formula is C19H16N6O2S. The third-order valence-corrected chi connectivity index (χ3v) is 4.81. The zero-order valence-electron chi connectivity index (χ0n) is 15.1. The highest BCUT2D eigenvalue weighted by atomic mass is 32.1. The second kappa shape index (κ2) is 7.20. The molecule has 0 saturated heterocycles. The number of benzene rings is 1. The highest BCUT2D eigenvalue weighted by Gasteiger charge is 2.15. The van der Waals surface area contributed by atoms with Crippen LogP contribution in [0.1, 0.15) is 31.7 Å². The summed E-state index contributed by atoms with van der Waals surface area (Å²) in [6, 6.07) is 12.3. The molecule has 0 aliphatic heterocycles. The minimum atomic E-state index is -0.454. The maximum atomic E-state index is 12.5. The summed E-state index contributed by atoms with van der Waals surface area (Å²) in [5.41, 5.74) is 2.74. The number of nitrogens with zero attached hydrogens (tertiary/aromatic N) is 4. The molecule has 0 bridgehead atoms. The van der Waals surface area contributed by atoms with Crippen LogP contribution in [0.25, 0.3) is 5.78 Å². The van der Waals surface area contributed by atoms with Gasteiger partial charge >= 0.3 is 0 Å². The summed E-state index contributed by atoms with van der Waals surface area (Å²) < 4.78 is 1.53. The van der Waals surface area contributed by atoms with Crippen LogP contribution in [0.3, 0.4) is 0 Å². The number of rotatable bonds is 4. The highest BCUT2D eigenvalue weighted by molar-refractivity contribution is 7.12. The maximum absolute atomic E-state index is 12.5. The fourth-order valence-electron chi connectivity index (χ4n) is 2.72. The van der Waals surface area contributed by atoms with Crippen LogP contribution >= 0.6 is 11.3 Å². The molecule has 0 unspecified atom stereocenters. The Morgan fingerprint density at radius 3 is 2.43 bits per heavy atom. The Hall–Kier alpha value is -3.59. The van der Waals surface area contributed by atoms with Gasteiger partial charge in [0.2, 0.25) is 5.82 Å². The van der Waals surface area contributed by atoms with E-state index in [-0.39, 0.29) is 11.7 Å². The topological polar surface area (TPSA) is 101 Å². The highest BCUT2D eigenvalue weighted by Crippen LogP contribution is 2.18. The smallest absolute Gasteiger partial charge is 0.295 e. The first-order chi connectivity index (χ1) is 13.5. The van der Waals surface area contributed by atoms with Crippen molar-refractivity contribution in [1.82, 2.24) is 19.6 Å². The monoisotopic (exact) mass is 392 g/mol. The molecule has 0 aliphatic rings. The summed E-state index contributed by atoms with van der Waals surface area (Å²) in [6.07, 6.45) is 0. The van der Waals surface area contributed by atoms with Crippen molar-refractivity contribution < 1.29 is 9.59 Å². The molecule has 0 saturated carbocycles. The zero-order chi connectivity index (χ0) is 19.7. The van der Waals surface area contributed by atoms with Gasteiger partial charge in [0.15, 0.2) is 0 Å². The minimum absolute atomic E-state index is 0.0224. The number of aromatic nitrogens is 4. The normalized spacial score (nSPS) is 10.8. The second-order valence-corrected chi connectivity index (χ2v) is 7.10. The summed E-state index contributed by atoms with van der Waals surface area (Å²) in [7, 11) is 0. The predicted molar refractivity (Wildman–Crippen MR) is 107 cm³/mol. The van der Waals surface area contributed by atoms with Gasteiger partial charge in [-0.3, -0.25) is 9.59 Å². The van der Waals surface area contributed by atoms with E-state index < -0.39 is 5.91 Å². The van der Waals surface area contributed by atoms with Crippen LogP contribution in [-0.2, 0) is 0 Å². The van der Waals surface area contributed by atoms with E-state index in [0.29, 0.717) is 22.0 Å². The number of hydrogen-bond acceptors (Lipinski definition) is 6. The fourth-order valence-corrected chi connectivity index (χ4v) is 3.34. The first kappa shape index (κ1) is 17.8. The third-order valence-electron chi connectivity index (χ3n) is 3.94. The molecule has 0 atom stereocenters. The van der Waals surface area contributed by atoms with Crippen molar-refractivity contribution in [1.29, 1.82) is 0 Å². The van der Waals surface area contributed by atoms with Gasteiger partial charge in [-0.1, -0.05) is 12.1 Å². The number of anilines is 2. The number of carbonyl (C=O) groups is 2. The first-order valence-electron chi connectivity index (χ1n) is 8.47. The molecule has 4 rings (SSSR count). The van der Waals surface area contributed by atoms with E-state index in [1.54, 1.807) is 30.3 Å². The molecule has 8 nitrogen and oxygen atoms in total. The molecule has 4 aromatic rings. The summed E-state index contributed by atoms with van der Waals surface area (Å²) >= 11 is 1.36. The van der Waals surface area contributed by atoms with Crippen molar-refractivity contribution in [2.75, 3.05) is 10.6 Å². The quantitative estimate of drug-likeness (QED) is 0.555. The lowest BCUT2D eigenvalue weighted by Gasteiger charge is -2.07. The maximum Gasteiger partial charge on any atom is 0.295 e. The molecule has 2 amide bonds. The minimum Gasteiger partial charge on any atom is -0.321 e. The predicted octanol–water partition coefficient (Wildman–Crippen LogP) is 3.31. The Labute approximate surface area is 164 Å². The SMILES string of the molecule is Cc1cc(C)n2nc(C(=O)Nc3cccc(NC(=O)c4cccs4)c3)nc2n1. The van der Waals surface area contributed by atoms with Crippen molar-refractivity contribution in [2.45, 2.75) is 13.8 Å². The van der Waals surface area contributed by atoms with Crippen molar-refractivity contribution in [3.63, 3.8) is 0 Å². The van der Waals surface area contributed by atoms with E-state index in [2.05, 4.69) is 25.7 Å². The van der Waals surface area contributed by atoms with Crippen molar-refractivity contribution in [3.8, 4) is 0 Å². The average Bonchev–Trinajstić information content (AvgIpc) is 3.32. The molecule has 0 spiro atoms. The van der Waals surface area contributed by atoms with Gasteiger partial charge in [0.25, 0.3) is 17.6 Å². The molecule has 3 aromatic heterocycles.